The molecule has 0 aliphatic carbocycles. The summed E-state index contributed by atoms with van der Waals surface area (Å²) in [6, 6.07) is 13.5. The van der Waals surface area contributed by atoms with Gasteiger partial charge >= 0.3 is 0 Å². The number of nitrogens with two attached hydrogens (primary N) is 1. The van der Waals surface area contributed by atoms with Crippen LogP contribution in [-0.4, -0.2) is 0 Å². The number of para-hydroxylation sites is 1. The minimum Gasteiger partial charge on any atom is -0.457 e. The molecule has 2 nitrogen and oxygen atoms in total. The SMILES string of the molecule is CC[C@@H](N)c1ccccc1Oc1ccc(Cl)c(C)c1. The average molecular weight is 276 g/mol. The molecule has 0 amide bonds. The van der Waals surface area contributed by atoms with Crippen LogP contribution in [0, 0.1) is 6.92 Å². The summed E-state index contributed by atoms with van der Waals surface area (Å²) >= 11 is 6.01. The quantitative estimate of drug-likeness (QED) is 0.866. The summed E-state index contributed by atoms with van der Waals surface area (Å²) < 4.78 is 5.93. The minimum absolute atomic E-state index is 0.00963. The van der Waals surface area contributed by atoms with Crippen LogP contribution in [-0.2, 0) is 0 Å². The zero-order valence-corrected chi connectivity index (χ0v) is 11.9. The summed E-state index contributed by atoms with van der Waals surface area (Å²) in [5, 5.41) is 0.742. The Balaban J connectivity index is 2.30. The summed E-state index contributed by atoms with van der Waals surface area (Å²) in [5.74, 6) is 1.58. The van der Waals surface area contributed by atoms with Crippen molar-refractivity contribution < 1.29 is 4.74 Å². The Morgan fingerprint density at radius 2 is 1.95 bits per heavy atom. The van der Waals surface area contributed by atoms with Gasteiger partial charge in [-0.15, -0.1) is 0 Å². The summed E-state index contributed by atoms with van der Waals surface area (Å²) in [6.07, 6.45) is 0.875. The van der Waals surface area contributed by atoms with Crippen LogP contribution in [0.4, 0.5) is 0 Å². The molecule has 19 heavy (non-hydrogen) atoms. The highest BCUT2D eigenvalue weighted by atomic mass is 35.5. The first-order valence-electron chi connectivity index (χ1n) is 6.40. The predicted molar refractivity (Wildman–Crippen MR) is 79.9 cm³/mol. The Kier molecular flexibility index (Phi) is 4.46. The van der Waals surface area contributed by atoms with Crippen LogP contribution in [0.3, 0.4) is 0 Å². The second kappa shape index (κ2) is 6.09. The maximum Gasteiger partial charge on any atom is 0.132 e. The van der Waals surface area contributed by atoms with Crippen molar-refractivity contribution in [1.29, 1.82) is 0 Å². The Morgan fingerprint density at radius 3 is 2.63 bits per heavy atom. The number of halogens is 1. The lowest BCUT2D eigenvalue weighted by atomic mass is 10.0. The molecule has 0 spiro atoms. The van der Waals surface area contributed by atoms with Gasteiger partial charge in [0.25, 0.3) is 0 Å². The van der Waals surface area contributed by atoms with Crippen molar-refractivity contribution in [3.8, 4) is 11.5 Å². The molecule has 2 aromatic rings. The maximum absolute atomic E-state index is 6.10. The van der Waals surface area contributed by atoms with Gasteiger partial charge in [-0.05, 0) is 43.2 Å². The van der Waals surface area contributed by atoms with E-state index in [0.717, 1.165) is 34.1 Å². The molecule has 0 fully saturated rings. The lowest BCUT2D eigenvalue weighted by molar-refractivity contribution is 0.468. The highest BCUT2D eigenvalue weighted by Gasteiger charge is 2.10. The van der Waals surface area contributed by atoms with Gasteiger partial charge < -0.3 is 10.5 Å². The first-order valence-corrected chi connectivity index (χ1v) is 6.78. The number of ether oxygens (including phenoxy) is 1. The van der Waals surface area contributed by atoms with Crippen molar-refractivity contribution in [3.05, 3.63) is 58.6 Å². The van der Waals surface area contributed by atoms with Gasteiger partial charge in [-0.3, -0.25) is 0 Å². The van der Waals surface area contributed by atoms with Gasteiger partial charge in [0, 0.05) is 16.6 Å². The molecule has 0 radical (unpaired) electrons. The number of hydrogen-bond acceptors (Lipinski definition) is 2. The molecule has 2 rings (SSSR count). The second-order valence-electron chi connectivity index (χ2n) is 4.57. The first-order chi connectivity index (χ1) is 9.11. The molecule has 100 valence electrons. The van der Waals surface area contributed by atoms with E-state index >= 15 is 0 Å². The Morgan fingerprint density at radius 1 is 1.21 bits per heavy atom. The topological polar surface area (TPSA) is 35.2 Å². The average Bonchev–Trinajstić information content (AvgIpc) is 2.43. The van der Waals surface area contributed by atoms with E-state index in [1.165, 1.54) is 0 Å². The largest absolute Gasteiger partial charge is 0.457 e. The van der Waals surface area contributed by atoms with E-state index < -0.39 is 0 Å². The van der Waals surface area contributed by atoms with Gasteiger partial charge in [0.1, 0.15) is 11.5 Å². The second-order valence-corrected chi connectivity index (χ2v) is 4.97. The van der Waals surface area contributed by atoms with Crippen molar-refractivity contribution in [2.45, 2.75) is 26.3 Å². The van der Waals surface area contributed by atoms with E-state index in [1.54, 1.807) is 0 Å². The lowest BCUT2D eigenvalue weighted by Gasteiger charge is -2.15. The summed E-state index contributed by atoms with van der Waals surface area (Å²) in [6.45, 7) is 4.02. The van der Waals surface area contributed by atoms with E-state index in [2.05, 4.69) is 6.92 Å². The normalized spacial score (nSPS) is 12.2. The van der Waals surface area contributed by atoms with E-state index in [4.69, 9.17) is 22.1 Å². The number of aryl methyl sites for hydroxylation is 1. The highest BCUT2D eigenvalue weighted by Crippen LogP contribution is 2.31. The highest BCUT2D eigenvalue weighted by molar-refractivity contribution is 6.31. The number of benzene rings is 2. The molecule has 2 N–H and O–H groups in total. The molecule has 3 heteroatoms. The Bertz CT molecular complexity index is 568. The van der Waals surface area contributed by atoms with Crippen molar-refractivity contribution in [2.75, 3.05) is 0 Å². The molecular weight excluding hydrogens is 258 g/mol. The van der Waals surface area contributed by atoms with Crippen molar-refractivity contribution >= 4 is 11.6 Å². The first kappa shape index (κ1) is 13.9. The van der Waals surface area contributed by atoms with Crippen molar-refractivity contribution in [1.82, 2.24) is 0 Å². The molecular formula is C16H18ClNO. The molecule has 1 atom stereocenters. The van der Waals surface area contributed by atoms with Crippen LogP contribution in [0.1, 0.15) is 30.5 Å². The summed E-state index contributed by atoms with van der Waals surface area (Å²) in [5.41, 5.74) is 8.12. The third-order valence-electron chi connectivity index (χ3n) is 3.12. The van der Waals surface area contributed by atoms with E-state index in [9.17, 15) is 0 Å². The van der Waals surface area contributed by atoms with Crippen molar-refractivity contribution in [3.63, 3.8) is 0 Å². The van der Waals surface area contributed by atoms with Gasteiger partial charge in [0.2, 0.25) is 0 Å². The summed E-state index contributed by atoms with van der Waals surface area (Å²) in [4.78, 5) is 0. The van der Waals surface area contributed by atoms with Crippen LogP contribution in [0.5, 0.6) is 11.5 Å². The zero-order chi connectivity index (χ0) is 13.8. The third kappa shape index (κ3) is 3.28. The van der Waals surface area contributed by atoms with Crippen LogP contribution in [0.15, 0.2) is 42.5 Å². The standard InChI is InChI=1S/C16H18ClNO/c1-3-15(18)13-6-4-5-7-16(13)19-12-8-9-14(17)11(2)10-12/h4-10,15H,3,18H2,1-2H3/t15-/m1/s1. The minimum atomic E-state index is -0.00963. The van der Waals surface area contributed by atoms with Gasteiger partial charge in [0.05, 0.1) is 0 Å². The number of hydrogen-bond donors (Lipinski definition) is 1. The molecule has 0 unspecified atom stereocenters. The zero-order valence-electron chi connectivity index (χ0n) is 11.2. The van der Waals surface area contributed by atoms with Gasteiger partial charge in [-0.1, -0.05) is 36.7 Å². The van der Waals surface area contributed by atoms with E-state index in [1.807, 2.05) is 49.4 Å². The smallest absolute Gasteiger partial charge is 0.132 e. The monoisotopic (exact) mass is 275 g/mol. The lowest BCUT2D eigenvalue weighted by Crippen LogP contribution is -2.09. The van der Waals surface area contributed by atoms with Crippen LogP contribution in [0.25, 0.3) is 0 Å². The fourth-order valence-electron chi connectivity index (χ4n) is 1.91. The van der Waals surface area contributed by atoms with Gasteiger partial charge in [-0.2, -0.15) is 0 Å². The molecule has 0 saturated carbocycles. The van der Waals surface area contributed by atoms with E-state index in [0.29, 0.717) is 0 Å². The number of rotatable bonds is 4. The molecule has 0 aliphatic heterocycles. The van der Waals surface area contributed by atoms with Crippen molar-refractivity contribution in [2.24, 2.45) is 5.73 Å². The van der Waals surface area contributed by atoms with Gasteiger partial charge in [0.15, 0.2) is 0 Å². The Labute approximate surface area is 119 Å². The molecule has 0 heterocycles. The maximum atomic E-state index is 6.10. The summed E-state index contributed by atoms with van der Waals surface area (Å²) in [7, 11) is 0. The molecule has 0 aromatic heterocycles. The van der Waals surface area contributed by atoms with Crippen LogP contribution < -0.4 is 10.5 Å². The van der Waals surface area contributed by atoms with Gasteiger partial charge in [-0.25, -0.2) is 0 Å². The molecule has 0 saturated heterocycles. The molecule has 0 bridgehead atoms. The molecule has 2 aromatic carbocycles. The van der Waals surface area contributed by atoms with Crippen LogP contribution >= 0.6 is 11.6 Å². The third-order valence-corrected chi connectivity index (χ3v) is 3.54. The van der Waals surface area contributed by atoms with E-state index in [-0.39, 0.29) is 6.04 Å². The van der Waals surface area contributed by atoms with Crippen LogP contribution in [0.2, 0.25) is 5.02 Å². The Hall–Kier alpha value is -1.51. The fraction of sp³-hybridized carbons (Fsp3) is 0.250. The predicted octanol–water partition coefficient (Wildman–Crippen LogP) is 4.85. The fourth-order valence-corrected chi connectivity index (χ4v) is 2.02. The molecule has 0 aliphatic rings.